The normalized spacial score (nSPS) is 14.6. The minimum absolute atomic E-state index is 0.987. The van der Waals surface area contributed by atoms with Crippen LogP contribution in [0.1, 0.15) is 23.6 Å². The molecular formula is C25H24N2. The molecule has 2 heterocycles. The number of hydrogen-bond donors (Lipinski definition) is 0. The first kappa shape index (κ1) is 16.5. The summed E-state index contributed by atoms with van der Waals surface area (Å²) < 4.78 is 0. The van der Waals surface area contributed by atoms with Crippen LogP contribution in [-0.4, -0.2) is 23.0 Å². The Bertz CT molecular complexity index is 1140. The number of nitrogens with zero attached hydrogens (tertiary/aromatic N) is 2. The van der Waals surface area contributed by atoms with Gasteiger partial charge in [-0.15, -0.1) is 0 Å². The van der Waals surface area contributed by atoms with Gasteiger partial charge in [0.1, 0.15) is 0 Å². The lowest BCUT2D eigenvalue weighted by atomic mass is 9.89. The summed E-state index contributed by atoms with van der Waals surface area (Å²) in [5.74, 6) is 0. The van der Waals surface area contributed by atoms with Gasteiger partial charge in [0.2, 0.25) is 0 Å². The molecule has 0 fully saturated rings. The highest BCUT2D eigenvalue weighted by Gasteiger charge is 2.23. The zero-order chi connectivity index (χ0) is 18.4. The van der Waals surface area contributed by atoms with Crippen molar-refractivity contribution in [1.29, 1.82) is 0 Å². The summed E-state index contributed by atoms with van der Waals surface area (Å²) in [6, 6.07) is 21.9. The number of fused-ring (bicyclic) bond motifs is 5. The second kappa shape index (κ2) is 6.47. The molecule has 0 saturated carbocycles. The number of rotatable bonds is 2. The maximum Gasteiger partial charge on any atom is 0.0757 e. The van der Waals surface area contributed by atoms with Crippen LogP contribution >= 0.6 is 0 Å². The minimum atomic E-state index is 0.987. The number of aryl methyl sites for hydroxylation is 1. The molecule has 0 amide bonds. The van der Waals surface area contributed by atoms with Crippen LogP contribution in [0.5, 0.6) is 0 Å². The Morgan fingerprint density at radius 3 is 2.56 bits per heavy atom. The molecule has 3 aromatic carbocycles. The van der Waals surface area contributed by atoms with Crippen molar-refractivity contribution >= 4 is 21.7 Å². The van der Waals surface area contributed by atoms with Crippen LogP contribution in [0.25, 0.3) is 32.9 Å². The number of benzene rings is 3. The van der Waals surface area contributed by atoms with Gasteiger partial charge in [0.05, 0.1) is 11.2 Å². The summed E-state index contributed by atoms with van der Waals surface area (Å²) in [7, 11) is 0. The molecule has 134 valence electrons. The first-order chi connectivity index (χ1) is 13.2. The summed E-state index contributed by atoms with van der Waals surface area (Å²) in [5.41, 5.74) is 7.70. The second-order valence-corrected chi connectivity index (χ2v) is 7.58. The fourth-order valence-electron chi connectivity index (χ4n) is 4.39. The number of likely N-dealkylation sites (N-methyl/N-ethyl adjacent to an activating group) is 1. The standard InChI is InChI=1S/C25H24N2/c1-3-27-15-14-21-22(16-27)25(19-10-8-17(2)9-11-19)26-23-13-12-18-6-4-5-7-20(18)24(21)23/h4-13H,3,14-16H2,1-2H3. The van der Waals surface area contributed by atoms with Gasteiger partial charge in [-0.2, -0.15) is 0 Å². The van der Waals surface area contributed by atoms with E-state index in [9.17, 15) is 0 Å². The van der Waals surface area contributed by atoms with Gasteiger partial charge in [-0.05, 0) is 47.9 Å². The summed E-state index contributed by atoms with van der Waals surface area (Å²) in [6.45, 7) is 7.58. The van der Waals surface area contributed by atoms with Gasteiger partial charge in [0.15, 0.2) is 0 Å². The summed E-state index contributed by atoms with van der Waals surface area (Å²) in [4.78, 5) is 7.71. The van der Waals surface area contributed by atoms with E-state index >= 15 is 0 Å². The summed E-state index contributed by atoms with van der Waals surface area (Å²) >= 11 is 0. The molecule has 1 aliphatic heterocycles. The van der Waals surface area contributed by atoms with E-state index in [-0.39, 0.29) is 0 Å². The monoisotopic (exact) mass is 352 g/mol. The van der Waals surface area contributed by atoms with Crippen LogP contribution in [0, 0.1) is 6.92 Å². The molecule has 0 bridgehead atoms. The number of aromatic nitrogens is 1. The molecule has 0 spiro atoms. The minimum Gasteiger partial charge on any atom is -0.299 e. The molecule has 0 atom stereocenters. The van der Waals surface area contributed by atoms with Gasteiger partial charge in [0.25, 0.3) is 0 Å². The predicted molar refractivity (Wildman–Crippen MR) is 114 cm³/mol. The van der Waals surface area contributed by atoms with E-state index in [1.807, 2.05) is 0 Å². The molecule has 0 unspecified atom stereocenters. The fourth-order valence-corrected chi connectivity index (χ4v) is 4.39. The molecule has 0 aliphatic carbocycles. The Morgan fingerprint density at radius 1 is 0.926 bits per heavy atom. The third-order valence-electron chi connectivity index (χ3n) is 5.92. The third kappa shape index (κ3) is 2.72. The smallest absolute Gasteiger partial charge is 0.0757 e. The van der Waals surface area contributed by atoms with Gasteiger partial charge in [0, 0.05) is 24.0 Å². The molecule has 0 radical (unpaired) electrons. The SMILES string of the molecule is CCN1CCc2c(c(-c3ccc(C)cc3)nc3ccc4ccccc4c23)C1. The summed E-state index contributed by atoms with van der Waals surface area (Å²) in [6.07, 6.45) is 1.09. The van der Waals surface area contributed by atoms with Crippen LogP contribution in [-0.2, 0) is 13.0 Å². The highest BCUT2D eigenvalue weighted by molar-refractivity contribution is 6.09. The lowest BCUT2D eigenvalue weighted by Gasteiger charge is -2.30. The topological polar surface area (TPSA) is 16.1 Å². The van der Waals surface area contributed by atoms with E-state index < -0.39 is 0 Å². The highest BCUT2D eigenvalue weighted by atomic mass is 15.1. The van der Waals surface area contributed by atoms with Crippen molar-refractivity contribution in [3.8, 4) is 11.3 Å². The average Bonchev–Trinajstić information content (AvgIpc) is 2.73. The zero-order valence-electron chi connectivity index (χ0n) is 16.0. The lowest BCUT2D eigenvalue weighted by molar-refractivity contribution is 0.269. The van der Waals surface area contributed by atoms with Crippen molar-refractivity contribution in [2.75, 3.05) is 13.1 Å². The number of hydrogen-bond acceptors (Lipinski definition) is 2. The second-order valence-electron chi connectivity index (χ2n) is 7.58. The van der Waals surface area contributed by atoms with Crippen LogP contribution in [0.4, 0.5) is 0 Å². The van der Waals surface area contributed by atoms with E-state index in [1.54, 1.807) is 0 Å². The quantitative estimate of drug-likeness (QED) is 0.428. The zero-order valence-corrected chi connectivity index (χ0v) is 16.0. The van der Waals surface area contributed by atoms with Gasteiger partial charge < -0.3 is 0 Å². The predicted octanol–water partition coefficient (Wildman–Crippen LogP) is 5.74. The molecule has 2 nitrogen and oxygen atoms in total. The van der Waals surface area contributed by atoms with E-state index in [2.05, 4.69) is 79.4 Å². The largest absolute Gasteiger partial charge is 0.299 e. The average molecular weight is 352 g/mol. The first-order valence-electron chi connectivity index (χ1n) is 9.87. The van der Waals surface area contributed by atoms with Gasteiger partial charge in [-0.3, -0.25) is 4.90 Å². The molecular weight excluding hydrogens is 328 g/mol. The van der Waals surface area contributed by atoms with E-state index in [0.717, 1.165) is 37.3 Å². The Balaban J connectivity index is 1.85. The van der Waals surface area contributed by atoms with Crippen LogP contribution < -0.4 is 0 Å². The number of pyridine rings is 1. The van der Waals surface area contributed by atoms with E-state index in [1.165, 1.54) is 38.4 Å². The molecule has 0 N–H and O–H groups in total. The molecule has 2 heteroatoms. The molecule has 27 heavy (non-hydrogen) atoms. The molecule has 1 aromatic heterocycles. The van der Waals surface area contributed by atoms with Crippen molar-refractivity contribution in [1.82, 2.24) is 9.88 Å². The maximum atomic E-state index is 5.18. The van der Waals surface area contributed by atoms with Gasteiger partial charge in [-0.1, -0.05) is 67.1 Å². The molecule has 4 aromatic rings. The first-order valence-corrected chi connectivity index (χ1v) is 9.87. The van der Waals surface area contributed by atoms with Crippen LogP contribution in [0.2, 0.25) is 0 Å². The Labute approximate surface area is 160 Å². The highest BCUT2D eigenvalue weighted by Crippen LogP contribution is 2.37. The third-order valence-corrected chi connectivity index (χ3v) is 5.92. The van der Waals surface area contributed by atoms with Crippen LogP contribution in [0.15, 0.2) is 60.7 Å². The Hall–Kier alpha value is -2.71. The van der Waals surface area contributed by atoms with Crippen molar-refractivity contribution in [3.63, 3.8) is 0 Å². The summed E-state index contributed by atoms with van der Waals surface area (Å²) in [5, 5.41) is 3.99. The maximum absolute atomic E-state index is 5.18. The Kier molecular flexibility index (Phi) is 3.95. The Morgan fingerprint density at radius 2 is 1.74 bits per heavy atom. The van der Waals surface area contributed by atoms with E-state index in [4.69, 9.17) is 4.98 Å². The molecule has 1 aliphatic rings. The van der Waals surface area contributed by atoms with Crippen molar-refractivity contribution in [2.24, 2.45) is 0 Å². The van der Waals surface area contributed by atoms with Crippen molar-refractivity contribution < 1.29 is 0 Å². The van der Waals surface area contributed by atoms with Gasteiger partial charge >= 0.3 is 0 Å². The van der Waals surface area contributed by atoms with E-state index in [0.29, 0.717) is 0 Å². The van der Waals surface area contributed by atoms with Gasteiger partial charge in [-0.25, -0.2) is 4.98 Å². The molecule has 0 saturated heterocycles. The van der Waals surface area contributed by atoms with Crippen molar-refractivity contribution in [2.45, 2.75) is 26.8 Å². The fraction of sp³-hybridized carbons (Fsp3) is 0.240. The molecule has 5 rings (SSSR count). The lowest BCUT2D eigenvalue weighted by Crippen LogP contribution is -2.31. The van der Waals surface area contributed by atoms with Crippen LogP contribution in [0.3, 0.4) is 0 Å². The van der Waals surface area contributed by atoms with Crippen molar-refractivity contribution in [3.05, 3.63) is 77.4 Å².